The van der Waals surface area contributed by atoms with Crippen molar-refractivity contribution in [3.63, 3.8) is 0 Å². The summed E-state index contributed by atoms with van der Waals surface area (Å²) >= 11 is 0. The maximum absolute atomic E-state index is 5.92. The lowest BCUT2D eigenvalue weighted by Crippen LogP contribution is -2.28. The van der Waals surface area contributed by atoms with Crippen LogP contribution in [0.15, 0.2) is 24.3 Å². The summed E-state index contributed by atoms with van der Waals surface area (Å²) in [6.07, 6.45) is 6.34. The van der Waals surface area contributed by atoms with Crippen LogP contribution in [-0.4, -0.2) is 31.1 Å². The first-order valence-electron chi connectivity index (χ1n) is 8.08. The van der Waals surface area contributed by atoms with Crippen molar-refractivity contribution in [3.05, 3.63) is 24.3 Å². The van der Waals surface area contributed by atoms with Crippen molar-refractivity contribution in [1.82, 2.24) is 4.90 Å². The van der Waals surface area contributed by atoms with E-state index in [1.165, 1.54) is 51.7 Å². The van der Waals surface area contributed by atoms with Gasteiger partial charge in [0.25, 0.3) is 0 Å². The number of hydrogen-bond acceptors (Lipinski definition) is 3. The lowest BCUT2D eigenvalue weighted by molar-refractivity contribution is 0.264. The van der Waals surface area contributed by atoms with E-state index >= 15 is 0 Å². The lowest BCUT2D eigenvalue weighted by atomic mass is 10.2. The third-order valence-electron chi connectivity index (χ3n) is 3.58. The molecule has 3 heteroatoms. The summed E-state index contributed by atoms with van der Waals surface area (Å²) < 4.78 is 0. The molecular weight excluding hydrogens is 246 g/mol. The quantitative estimate of drug-likeness (QED) is 0.475. The highest BCUT2D eigenvalue weighted by Gasteiger charge is 2.03. The van der Waals surface area contributed by atoms with Gasteiger partial charge in [-0.25, -0.2) is 0 Å². The van der Waals surface area contributed by atoms with E-state index in [-0.39, 0.29) is 0 Å². The number of nitrogen functional groups attached to an aromatic ring is 1. The Morgan fingerprint density at radius 2 is 1.55 bits per heavy atom. The Kier molecular flexibility index (Phi) is 8.88. The summed E-state index contributed by atoms with van der Waals surface area (Å²) in [6.45, 7) is 9.17. The van der Waals surface area contributed by atoms with Crippen molar-refractivity contribution in [2.75, 3.05) is 37.2 Å². The van der Waals surface area contributed by atoms with E-state index in [1.54, 1.807) is 0 Å². The summed E-state index contributed by atoms with van der Waals surface area (Å²) in [5.41, 5.74) is 7.81. The van der Waals surface area contributed by atoms with E-state index in [9.17, 15) is 0 Å². The van der Waals surface area contributed by atoms with Gasteiger partial charge in [-0.3, -0.25) is 0 Å². The van der Waals surface area contributed by atoms with E-state index in [0.717, 1.165) is 17.9 Å². The highest BCUT2D eigenvalue weighted by Crippen LogP contribution is 2.16. The van der Waals surface area contributed by atoms with Gasteiger partial charge >= 0.3 is 0 Å². The average molecular weight is 277 g/mol. The highest BCUT2D eigenvalue weighted by atomic mass is 15.1. The second-order valence-electron chi connectivity index (χ2n) is 5.42. The normalized spacial score (nSPS) is 10.9. The molecule has 3 N–H and O–H groups in total. The van der Waals surface area contributed by atoms with Gasteiger partial charge in [-0.1, -0.05) is 38.8 Å². The summed E-state index contributed by atoms with van der Waals surface area (Å²) in [5, 5.41) is 3.43. The number of anilines is 2. The van der Waals surface area contributed by atoms with Gasteiger partial charge in [0, 0.05) is 6.54 Å². The Morgan fingerprint density at radius 3 is 2.15 bits per heavy atom. The Labute approximate surface area is 124 Å². The predicted octanol–water partition coefficient (Wildman–Crippen LogP) is 3.97. The van der Waals surface area contributed by atoms with Gasteiger partial charge < -0.3 is 16.0 Å². The SMILES string of the molecule is CCCCN(CCCC)CCCNc1ccccc1N. The fraction of sp³-hybridized carbons (Fsp3) is 0.647. The van der Waals surface area contributed by atoms with E-state index in [2.05, 4.69) is 24.1 Å². The average Bonchev–Trinajstić information content (AvgIpc) is 2.47. The second-order valence-corrected chi connectivity index (χ2v) is 5.42. The zero-order chi connectivity index (χ0) is 14.6. The van der Waals surface area contributed by atoms with Crippen LogP contribution in [0.1, 0.15) is 46.0 Å². The Bertz CT molecular complexity index is 344. The minimum Gasteiger partial charge on any atom is -0.397 e. The zero-order valence-corrected chi connectivity index (χ0v) is 13.2. The highest BCUT2D eigenvalue weighted by molar-refractivity contribution is 5.65. The molecule has 0 amide bonds. The number of unbranched alkanes of at least 4 members (excludes halogenated alkanes) is 2. The number of rotatable bonds is 11. The van der Waals surface area contributed by atoms with E-state index < -0.39 is 0 Å². The van der Waals surface area contributed by atoms with Crippen molar-refractivity contribution in [2.45, 2.75) is 46.0 Å². The first-order valence-corrected chi connectivity index (χ1v) is 8.08. The van der Waals surface area contributed by atoms with Crippen LogP contribution in [0.2, 0.25) is 0 Å². The van der Waals surface area contributed by atoms with Gasteiger partial charge in [0.2, 0.25) is 0 Å². The van der Waals surface area contributed by atoms with Crippen LogP contribution in [0.25, 0.3) is 0 Å². The lowest BCUT2D eigenvalue weighted by Gasteiger charge is -2.22. The molecule has 1 aromatic carbocycles. The van der Waals surface area contributed by atoms with Gasteiger partial charge in [0.15, 0.2) is 0 Å². The predicted molar refractivity (Wildman–Crippen MR) is 90.2 cm³/mol. The Hall–Kier alpha value is -1.22. The molecule has 0 saturated heterocycles. The number of nitrogens with one attached hydrogen (secondary N) is 1. The van der Waals surface area contributed by atoms with Crippen molar-refractivity contribution < 1.29 is 0 Å². The fourth-order valence-electron chi connectivity index (χ4n) is 2.28. The van der Waals surface area contributed by atoms with Crippen molar-refractivity contribution in [1.29, 1.82) is 0 Å². The molecule has 0 aliphatic carbocycles. The molecule has 0 saturated carbocycles. The molecule has 1 rings (SSSR count). The maximum Gasteiger partial charge on any atom is 0.0573 e. The number of nitrogens with two attached hydrogens (primary N) is 1. The molecule has 3 nitrogen and oxygen atoms in total. The standard InChI is InChI=1S/C17H31N3/c1-3-5-13-20(14-6-4-2)15-9-12-19-17-11-8-7-10-16(17)18/h7-8,10-11,19H,3-6,9,12-15,18H2,1-2H3. The van der Waals surface area contributed by atoms with Crippen LogP contribution in [0.4, 0.5) is 11.4 Å². The van der Waals surface area contributed by atoms with Gasteiger partial charge in [0.1, 0.15) is 0 Å². The van der Waals surface area contributed by atoms with E-state index in [0.29, 0.717) is 0 Å². The molecule has 0 atom stereocenters. The van der Waals surface area contributed by atoms with Crippen molar-refractivity contribution in [3.8, 4) is 0 Å². The van der Waals surface area contributed by atoms with Gasteiger partial charge in [0.05, 0.1) is 11.4 Å². The molecule has 114 valence electrons. The fourth-order valence-corrected chi connectivity index (χ4v) is 2.28. The van der Waals surface area contributed by atoms with E-state index in [4.69, 9.17) is 5.73 Å². The van der Waals surface area contributed by atoms with Crippen LogP contribution in [0.5, 0.6) is 0 Å². The third kappa shape index (κ3) is 6.80. The monoisotopic (exact) mass is 277 g/mol. The zero-order valence-electron chi connectivity index (χ0n) is 13.2. The summed E-state index contributed by atoms with van der Waals surface area (Å²) in [6, 6.07) is 7.98. The Balaban J connectivity index is 2.23. The Morgan fingerprint density at radius 1 is 0.950 bits per heavy atom. The molecule has 0 bridgehead atoms. The molecule has 0 unspecified atom stereocenters. The molecule has 0 aliphatic heterocycles. The maximum atomic E-state index is 5.92. The second kappa shape index (κ2) is 10.6. The number of benzene rings is 1. The van der Waals surface area contributed by atoms with Crippen LogP contribution < -0.4 is 11.1 Å². The molecule has 0 aliphatic rings. The number of para-hydroxylation sites is 2. The molecule has 20 heavy (non-hydrogen) atoms. The molecule has 0 fully saturated rings. The summed E-state index contributed by atoms with van der Waals surface area (Å²) in [4.78, 5) is 2.60. The summed E-state index contributed by atoms with van der Waals surface area (Å²) in [5.74, 6) is 0. The summed E-state index contributed by atoms with van der Waals surface area (Å²) in [7, 11) is 0. The molecule has 0 aromatic heterocycles. The third-order valence-corrected chi connectivity index (χ3v) is 3.58. The minimum atomic E-state index is 0.835. The van der Waals surface area contributed by atoms with Crippen LogP contribution in [0, 0.1) is 0 Å². The van der Waals surface area contributed by atoms with E-state index in [1.807, 2.05) is 24.3 Å². The van der Waals surface area contributed by atoms with Crippen molar-refractivity contribution >= 4 is 11.4 Å². The number of hydrogen-bond donors (Lipinski definition) is 2. The molecule has 0 radical (unpaired) electrons. The molecule has 1 aromatic rings. The van der Waals surface area contributed by atoms with Gasteiger partial charge in [-0.2, -0.15) is 0 Å². The largest absolute Gasteiger partial charge is 0.397 e. The topological polar surface area (TPSA) is 41.3 Å². The minimum absolute atomic E-state index is 0.835. The van der Waals surface area contributed by atoms with Crippen LogP contribution in [-0.2, 0) is 0 Å². The first kappa shape index (κ1) is 16.8. The molecular formula is C17H31N3. The molecule has 0 spiro atoms. The smallest absolute Gasteiger partial charge is 0.0573 e. The van der Waals surface area contributed by atoms with Crippen molar-refractivity contribution in [2.24, 2.45) is 0 Å². The van der Waals surface area contributed by atoms with Crippen LogP contribution >= 0.6 is 0 Å². The number of nitrogens with zero attached hydrogens (tertiary/aromatic N) is 1. The first-order chi connectivity index (χ1) is 9.77. The van der Waals surface area contributed by atoms with Crippen LogP contribution in [0.3, 0.4) is 0 Å². The van der Waals surface area contributed by atoms with Gasteiger partial charge in [-0.05, 0) is 51.0 Å². The molecule has 0 heterocycles. The van der Waals surface area contributed by atoms with Gasteiger partial charge in [-0.15, -0.1) is 0 Å².